The van der Waals surface area contributed by atoms with E-state index in [-0.39, 0.29) is 6.42 Å². The quantitative estimate of drug-likeness (QED) is 0.396. The molecule has 0 bridgehead atoms. The maximum Gasteiger partial charge on any atom is 0.405 e. The topological polar surface area (TPSA) is 55.4 Å². The molecule has 0 fully saturated rings. The van der Waals surface area contributed by atoms with Crippen LogP contribution in [0.25, 0.3) is 0 Å². The van der Waals surface area contributed by atoms with E-state index < -0.39 is 45.9 Å². The SMILES string of the molecule is CCCCCC[C@@H](C(=O)OC(C)CC)[C@@H](N[S@](=O)C(C)(C)C)C(F)(F)F. The van der Waals surface area contributed by atoms with Gasteiger partial charge in [-0.1, -0.05) is 39.5 Å². The molecule has 0 saturated heterocycles. The molecule has 26 heavy (non-hydrogen) atoms. The number of carbonyl (C=O) groups is 1. The van der Waals surface area contributed by atoms with Gasteiger partial charge in [-0.3, -0.25) is 4.79 Å². The zero-order valence-electron chi connectivity index (χ0n) is 16.7. The third-order valence-electron chi connectivity index (χ3n) is 4.11. The molecule has 0 amide bonds. The van der Waals surface area contributed by atoms with Crippen LogP contribution in [0.15, 0.2) is 0 Å². The molecule has 0 radical (unpaired) electrons. The van der Waals surface area contributed by atoms with Gasteiger partial charge in [0, 0.05) is 0 Å². The molecule has 1 unspecified atom stereocenters. The number of ether oxygens (including phenoxy) is 1. The predicted molar refractivity (Wildman–Crippen MR) is 99.0 cm³/mol. The Morgan fingerprint density at radius 1 is 1.12 bits per heavy atom. The summed E-state index contributed by atoms with van der Waals surface area (Å²) in [4.78, 5) is 12.4. The minimum absolute atomic E-state index is 0.0494. The highest BCUT2D eigenvalue weighted by molar-refractivity contribution is 7.84. The third kappa shape index (κ3) is 9.35. The summed E-state index contributed by atoms with van der Waals surface area (Å²) in [6, 6.07) is -2.19. The van der Waals surface area contributed by atoms with Gasteiger partial charge in [-0.2, -0.15) is 13.2 Å². The highest BCUT2D eigenvalue weighted by Gasteiger charge is 2.49. The predicted octanol–water partition coefficient (Wildman–Crippen LogP) is 4.90. The second-order valence-corrected chi connectivity index (χ2v) is 9.63. The minimum Gasteiger partial charge on any atom is -0.462 e. The first kappa shape index (κ1) is 25.4. The summed E-state index contributed by atoms with van der Waals surface area (Å²) in [6.45, 7) is 10.2. The second-order valence-electron chi connectivity index (χ2n) is 7.63. The Morgan fingerprint density at radius 2 is 1.69 bits per heavy atom. The van der Waals surface area contributed by atoms with Gasteiger partial charge < -0.3 is 4.74 Å². The van der Waals surface area contributed by atoms with Crippen molar-refractivity contribution in [1.82, 2.24) is 4.72 Å². The van der Waals surface area contributed by atoms with Gasteiger partial charge >= 0.3 is 12.1 Å². The van der Waals surface area contributed by atoms with Gasteiger partial charge in [0.05, 0.1) is 27.8 Å². The Hall–Kier alpha value is -0.630. The summed E-state index contributed by atoms with van der Waals surface area (Å²) in [5, 5.41) is 0. The van der Waals surface area contributed by atoms with Crippen LogP contribution in [0.5, 0.6) is 0 Å². The summed E-state index contributed by atoms with van der Waals surface area (Å²) in [5.74, 6) is -2.29. The number of nitrogens with one attached hydrogen (secondary N) is 1. The standard InChI is InChI=1S/C18H34F3NO3S/c1-7-9-10-11-12-14(16(23)25-13(3)8-2)15(18(19,20)21)22-26(24)17(4,5)6/h13-15,22H,7-12H2,1-6H3/t13?,14-,15-,26-/m1/s1. The molecule has 0 aliphatic rings. The van der Waals surface area contributed by atoms with E-state index in [0.717, 1.165) is 19.3 Å². The lowest BCUT2D eigenvalue weighted by molar-refractivity contribution is -0.182. The van der Waals surface area contributed by atoms with E-state index in [1.807, 2.05) is 6.92 Å². The van der Waals surface area contributed by atoms with Crippen LogP contribution in [0.2, 0.25) is 0 Å². The molecule has 0 rings (SSSR count). The van der Waals surface area contributed by atoms with Gasteiger partial charge in [0.2, 0.25) is 0 Å². The van der Waals surface area contributed by atoms with E-state index in [0.29, 0.717) is 12.8 Å². The number of hydrogen-bond donors (Lipinski definition) is 1. The zero-order valence-corrected chi connectivity index (χ0v) is 17.6. The van der Waals surface area contributed by atoms with Gasteiger partial charge in [-0.25, -0.2) is 8.93 Å². The summed E-state index contributed by atoms with van der Waals surface area (Å²) in [7, 11) is -1.95. The van der Waals surface area contributed by atoms with E-state index in [2.05, 4.69) is 4.72 Å². The van der Waals surface area contributed by atoms with Crippen molar-refractivity contribution >= 4 is 17.0 Å². The highest BCUT2D eigenvalue weighted by atomic mass is 32.2. The molecule has 0 aromatic heterocycles. The van der Waals surface area contributed by atoms with Crippen molar-refractivity contribution in [2.75, 3.05) is 0 Å². The maximum absolute atomic E-state index is 13.7. The van der Waals surface area contributed by atoms with Crippen LogP contribution < -0.4 is 4.72 Å². The molecule has 4 atom stereocenters. The van der Waals surface area contributed by atoms with Gasteiger partial charge in [-0.15, -0.1) is 0 Å². The van der Waals surface area contributed by atoms with Crippen LogP contribution in [0.4, 0.5) is 13.2 Å². The van der Waals surface area contributed by atoms with E-state index in [1.54, 1.807) is 34.6 Å². The number of esters is 1. The van der Waals surface area contributed by atoms with Gasteiger partial charge in [0.1, 0.15) is 6.04 Å². The number of carbonyl (C=O) groups excluding carboxylic acids is 1. The Morgan fingerprint density at radius 3 is 2.12 bits per heavy atom. The fourth-order valence-corrected chi connectivity index (χ4v) is 3.13. The normalized spacial score (nSPS) is 17.4. The maximum atomic E-state index is 13.7. The number of halogens is 3. The van der Waals surface area contributed by atoms with Crippen molar-refractivity contribution in [2.24, 2.45) is 5.92 Å². The average molecular weight is 402 g/mol. The van der Waals surface area contributed by atoms with Crippen LogP contribution in [0, 0.1) is 5.92 Å². The summed E-state index contributed by atoms with van der Waals surface area (Å²) < 4.78 is 59.7. The molecule has 156 valence electrons. The smallest absolute Gasteiger partial charge is 0.405 e. The first-order valence-corrected chi connectivity index (χ1v) is 10.4. The fraction of sp³-hybridized carbons (Fsp3) is 0.944. The summed E-state index contributed by atoms with van der Waals surface area (Å²) in [5.41, 5.74) is 0. The minimum atomic E-state index is -4.70. The van der Waals surface area contributed by atoms with Crippen LogP contribution >= 0.6 is 0 Å². The molecule has 1 N–H and O–H groups in total. The van der Waals surface area contributed by atoms with Crippen molar-refractivity contribution < 1.29 is 26.9 Å². The van der Waals surface area contributed by atoms with Gasteiger partial charge in [0.25, 0.3) is 0 Å². The van der Waals surface area contributed by atoms with Crippen LogP contribution in [0.1, 0.15) is 80.1 Å². The lowest BCUT2D eigenvalue weighted by Crippen LogP contribution is -2.54. The highest BCUT2D eigenvalue weighted by Crippen LogP contribution is 2.31. The third-order valence-corrected chi connectivity index (χ3v) is 5.69. The number of hydrogen-bond acceptors (Lipinski definition) is 3. The van der Waals surface area contributed by atoms with Gasteiger partial charge in [0.15, 0.2) is 0 Å². The molecule has 0 aromatic rings. The van der Waals surface area contributed by atoms with Crippen molar-refractivity contribution in [3.63, 3.8) is 0 Å². The first-order valence-electron chi connectivity index (χ1n) is 9.29. The first-order chi connectivity index (χ1) is 11.8. The number of rotatable bonds is 11. The number of unbranched alkanes of at least 4 members (excludes halogenated alkanes) is 3. The Balaban J connectivity index is 5.48. The molecular formula is C18H34F3NO3S. The average Bonchev–Trinajstić information content (AvgIpc) is 2.50. The lowest BCUT2D eigenvalue weighted by atomic mass is 9.93. The van der Waals surface area contributed by atoms with E-state index in [4.69, 9.17) is 4.74 Å². The van der Waals surface area contributed by atoms with Gasteiger partial charge in [-0.05, 0) is 40.5 Å². The van der Waals surface area contributed by atoms with E-state index in [1.165, 1.54) is 0 Å². The molecule has 0 aromatic carbocycles. The molecule has 0 saturated carbocycles. The monoisotopic (exact) mass is 401 g/mol. The molecule has 8 heteroatoms. The van der Waals surface area contributed by atoms with E-state index in [9.17, 15) is 22.2 Å². The molecular weight excluding hydrogens is 367 g/mol. The Kier molecular flexibility index (Phi) is 11.0. The number of alkyl halides is 3. The van der Waals surface area contributed by atoms with Crippen molar-refractivity contribution in [3.8, 4) is 0 Å². The summed E-state index contributed by atoms with van der Waals surface area (Å²) >= 11 is 0. The van der Waals surface area contributed by atoms with Crippen LogP contribution in [-0.2, 0) is 20.5 Å². The largest absolute Gasteiger partial charge is 0.462 e. The Bertz CT molecular complexity index is 450. The molecule has 0 heterocycles. The van der Waals surface area contributed by atoms with E-state index >= 15 is 0 Å². The molecule has 0 spiro atoms. The lowest BCUT2D eigenvalue weighted by Gasteiger charge is -2.31. The van der Waals surface area contributed by atoms with Crippen molar-refractivity contribution in [3.05, 3.63) is 0 Å². The van der Waals surface area contributed by atoms with Crippen molar-refractivity contribution in [1.29, 1.82) is 0 Å². The molecule has 4 nitrogen and oxygen atoms in total. The molecule has 0 aliphatic heterocycles. The zero-order chi connectivity index (χ0) is 20.5. The van der Waals surface area contributed by atoms with Crippen LogP contribution in [0.3, 0.4) is 0 Å². The summed E-state index contributed by atoms with van der Waals surface area (Å²) in [6.07, 6.45) is -1.52. The fourth-order valence-electron chi connectivity index (χ4n) is 2.25. The Labute approximate surface area is 158 Å². The van der Waals surface area contributed by atoms with Crippen LogP contribution in [-0.4, -0.2) is 33.2 Å². The second kappa shape index (κ2) is 11.3. The van der Waals surface area contributed by atoms with Crippen molar-refractivity contribution in [2.45, 2.75) is 103 Å². The molecule has 0 aliphatic carbocycles.